The molecule has 0 aliphatic rings. The highest BCUT2D eigenvalue weighted by atomic mass is 32.2. The molecule has 158 valence electrons. The molecule has 2 aromatic carbocycles. The number of hydrogen-bond acceptors (Lipinski definition) is 6. The molecule has 0 radical (unpaired) electrons. The Morgan fingerprint density at radius 1 is 1.13 bits per heavy atom. The molecule has 0 fully saturated rings. The predicted octanol–water partition coefficient (Wildman–Crippen LogP) is 4.23. The molecule has 0 unspecified atom stereocenters. The van der Waals surface area contributed by atoms with Crippen LogP contribution in [0.4, 0.5) is 5.69 Å². The number of benzene rings is 2. The van der Waals surface area contributed by atoms with E-state index in [9.17, 15) is 4.79 Å². The van der Waals surface area contributed by atoms with Crippen LogP contribution in [0.15, 0.2) is 47.6 Å². The Morgan fingerprint density at radius 3 is 2.70 bits per heavy atom. The van der Waals surface area contributed by atoms with E-state index < -0.39 is 0 Å². The van der Waals surface area contributed by atoms with E-state index >= 15 is 0 Å². The van der Waals surface area contributed by atoms with Crippen molar-refractivity contribution in [2.45, 2.75) is 39.1 Å². The number of nitrogens with zero attached hydrogens (tertiary/aromatic N) is 3. The number of para-hydroxylation sites is 2. The standard InChI is InChI=1S/C22H26N4O3S/c1-5-26-20(13-29-19-12-15(2)10-11-16(19)3)24-25-22(26)30-14-21(27)23-17-8-6-7-9-18(17)28-4/h6-12H,5,13-14H2,1-4H3,(H,23,27). The molecule has 0 aliphatic heterocycles. The van der Waals surface area contributed by atoms with Gasteiger partial charge in [0.2, 0.25) is 5.91 Å². The number of methoxy groups -OCH3 is 1. The van der Waals surface area contributed by atoms with Crippen LogP contribution in [0.1, 0.15) is 23.9 Å². The Bertz CT molecular complexity index is 1020. The number of aromatic nitrogens is 3. The summed E-state index contributed by atoms with van der Waals surface area (Å²) >= 11 is 1.34. The summed E-state index contributed by atoms with van der Waals surface area (Å²) in [5.41, 5.74) is 2.86. The van der Waals surface area contributed by atoms with Gasteiger partial charge in [-0.05, 0) is 50.1 Å². The first-order valence-electron chi connectivity index (χ1n) is 9.69. The summed E-state index contributed by atoms with van der Waals surface area (Å²) in [6.45, 7) is 7.07. The van der Waals surface area contributed by atoms with Gasteiger partial charge < -0.3 is 19.4 Å². The van der Waals surface area contributed by atoms with Gasteiger partial charge in [-0.25, -0.2) is 0 Å². The summed E-state index contributed by atoms with van der Waals surface area (Å²) in [5, 5.41) is 12.1. The van der Waals surface area contributed by atoms with Gasteiger partial charge in [-0.1, -0.05) is 36.0 Å². The lowest BCUT2D eigenvalue weighted by Gasteiger charge is -2.11. The van der Waals surface area contributed by atoms with Crippen LogP contribution in [0, 0.1) is 13.8 Å². The number of hydrogen-bond donors (Lipinski definition) is 1. The summed E-state index contributed by atoms with van der Waals surface area (Å²) in [6, 6.07) is 13.4. The third-order valence-corrected chi connectivity index (χ3v) is 5.49. The highest BCUT2D eigenvalue weighted by Gasteiger charge is 2.15. The molecule has 0 saturated carbocycles. The zero-order valence-corrected chi connectivity index (χ0v) is 18.5. The van der Waals surface area contributed by atoms with E-state index in [0.717, 1.165) is 22.7 Å². The predicted molar refractivity (Wildman–Crippen MR) is 118 cm³/mol. The number of amides is 1. The molecule has 7 nitrogen and oxygen atoms in total. The minimum Gasteiger partial charge on any atom is -0.495 e. The molecular formula is C22H26N4O3S. The molecule has 3 aromatic rings. The minimum atomic E-state index is -0.136. The lowest BCUT2D eigenvalue weighted by atomic mass is 10.1. The average molecular weight is 427 g/mol. The highest BCUT2D eigenvalue weighted by molar-refractivity contribution is 7.99. The summed E-state index contributed by atoms with van der Waals surface area (Å²) in [7, 11) is 1.57. The number of anilines is 1. The number of carbonyl (C=O) groups is 1. The van der Waals surface area contributed by atoms with Gasteiger partial charge in [-0.2, -0.15) is 0 Å². The van der Waals surface area contributed by atoms with Crippen molar-refractivity contribution >= 4 is 23.4 Å². The van der Waals surface area contributed by atoms with Crippen LogP contribution in [0.3, 0.4) is 0 Å². The maximum atomic E-state index is 12.4. The van der Waals surface area contributed by atoms with Crippen molar-refractivity contribution in [1.29, 1.82) is 0 Å². The van der Waals surface area contributed by atoms with Gasteiger partial charge in [0.25, 0.3) is 0 Å². The molecule has 1 N–H and O–H groups in total. The van der Waals surface area contributed by atoms with E-state index in [0.29, 0.717) is 29.7 Å². The van der Waals surface area contributed by atoms with Crippen molar-refractivity contribution in [3.8, 4) is 11.5 Å². The van der Waals surface area contributed by atoms with Gasteiger partial charge in [-0.3, -0.25) is 4.79 Å². The van der Waals surface area contributed by atoms with E-state index in [2.05, 4.69) is 21.6 Å². The van der Waals surface area contributed by atoms with Crippen molar-refractivity contribution in [3.63, 3.8) is 0 Å². The fourth-order valence-corrected chi connectivity index (χ4v) is 3.74. The smallest absolute Gasteiger partial charge is 0.234 e. The van der Waals surface area contributed by atoms with Gasteiger partial charge in [0.05, 0.1) is 18.6 Å². The first-order chi connectivity index (χ1) is 14.5. The first kappa shape index (κ1) is 21.7. The molecule has 30 heavy (non-hydrogen) atoms. The lowest BCUT2D eigenvalue weighted by Crippen LogP contribution is -2.15. The fraction of sp³-hybridized carbons (Fsp3) is 0.318. The van der Waals surface area contributed by atoms with Crippen LogP contribution >= 0.6 is 11.8 Å². The van der Waals surface area contributed by atoms with Crippen LogP contribution in [-0.2, 0) is 17.9 Å². The Morgan fingerprint density at radius 2 is 1.93 bits per heavy atom. The zero-order chi connectivity index (χ0) is 21.5. The molecule has 8 heteroatoms. The molecule has 1 aromatic heterocycles. The lowest BCUT2D eigenvalue weighted by molar-refractivity contribution is -0.113. The second-order valence-corrected chi connectivity index (χ2v) is 7.68. The van der Waals surface area contributed by atoms with Crippen molar-refractivity contribution in [2.75, 3.05) is 18.2 Å². The van der Waals surface area contributed by atoms with Crippen LogP contribution in [-0.4, -0.2) is 33.5 Å². The maximum absolute atomic E-state index is 12.4. The Labute approximate surface area is 180 Å². The van der Waals surface area contributed by atoms with Crippen molar-refractivity contribution in [2.24, 2.45) is 0 Å². The maximum Gasteiger partial charge on any atom is 0.234 e. The molecule has 0 bridgehead atoms. The zero-order valence-electron chi connectivity index (χ0n) is 17.6. The second-order valence-electron chi connectivity index (χ2n) is 6.74. The summed E-state index contributed by atoms with van der Waals surface area (Å²) < 4.78 is 13.2. The molecule has 0 spiro atoms. The molecular weight excluding hydrogens is 400 g/mol. The second kappa shape index (κ2) is 10.2. The number of nitrogens with one attached hydrogen (secondary N) is 1. The van der Waals surface area contributed by atoms with Gasteiger partial charge in [0, 0.05) is 6.54 Å². The molecule has 3 rings (SSSR count). The van der Waals surface area contributed by atoms with E-state index in [-0.39, 0.29) is 11.7 Å². The SMILES string of the molecule is CCn1c(COc2cc(C)ccc2C)nnc1SCC(=O)Nc1ccccc1OC. The number of ether oxygens (including phenoxy) is 2. The average Bonchev–Trinajstić information content (AvgIpc) is 3.15. The minimum absolute atomic E-state index is 0.136. The summed E-state index contributed by atoms with van der Waals surface area (Å²) in [4.78, 5) is 12.4. The molecule has 0 aliphatic carbocycles. The Hall–Kier alpha value is -3.00. The fourth-order valence-electron chi connectivity index (χ4n) is 2.92. The highest BCUT2D eigenvalue weighted by Crippen LogP contribution is 2.25. The molecule has 0 saturated heterocycles. The van der Waals surface area contributed by atoms with E-state index in [1.807, 2.05) is 49.6 Å². The van der Waals surface area contributed by atoms with Crippen LogP contribution in [0.5, 0.6) is 11.5 Å². The normalized spacial score (nSPS) is 10.7. The Balaban J connectivity index is 1.61. The third kappa shape index (κ3) is 5.33. The quantitative estimate of drug-likeness (QED) is 0.516. The van der Waals surface area contributed by atoms with Gasteiger partial charge in [0.1, 0.15) is 18.1 Å². The number of rotatable bonds is 9. The van der Waals surface area contributed by atoms with Crippen molar-refractivity contribution in [1.82, 2.24) is 14.8 Å². The topological polar surface area (TPSA) is 78.3 Å². The number of aryl methyl sites for hydroxylation is 2. The van der Waals surface area contributed by atoms with Crippen LogP contribution in [0.25, 0.3) is 0 Å². The largest absolute Gasteiger partial charge is 0.495 e. The van der Waals surface area contributed by atoms with E-state index in [4.69, 9.17) is 9.47 Å². The summed E-state index contributed by atoms with van der Waals surface area (Å²) in [6.07, 6.45) is 0. The van der Waals surface area contributed by atoms with Crippen LogP contribution in [0.2, 0.25) is 0 Å². The molecule has 1 heterocycles. The Kier molecular flexibility index (Phi) is 7.35. The molecule has 0 atom stereocenters. The summed E-state index contributed by atoms with van der Waals surface area (Å²) in [5.74, 6) is 2.27. The van der Waals surface area contributed by atoms with Crippen molar-refractivity contribution < 1.29 is 14.3 Å². The van der Waals surface area contributed by atoms with Gasteiger partial charge in [0.15, 0.2) is 11.0 Å². The third-order valence-electron chi connectivity index (χ3n) is 4.52. The van der Waals surface area contributed by atoms with E-state index in [1.54, 1.807) is 19.2 Å². The monoisotopic (exact) mass is 426 g/mol. The van der Waals surface area contributed by atoms with E-state index in [1.165, 1.54) is 11.8 Å². The van der Waals surface area contributed by atoms with Crippen molar-refractivity contribution in [3.05, 3.63) is 59.4 Å². The number of thioether (sulfide) groups is 1. The van der Waals surface area contributed by atoms with Gasteiger partial charge in [-0.15, -0.1) is 10.2 Å². The first-order valence-corrected chi connectivity index (χ1v) is 10.7. The van der Waals surface area contributed by atoms with Gasteiger partial charge >= 0.3 is 0 Å². The van der Waals surface area contributed by atoms with Crippen LogP contribution < -0.4 is 14.8 Å². The number of carbonyl (C=O) groups excluding carboxylic acids is 1. The molecule has 1 amide bonds.